The lowest BCUT2D eigenvalue weighted by atomic mass is 9.47. The largest absolute Gasteiger partial charge is 0.512 e. The van der Waals surface area contributed by atoms with Crippen molar-refractivity contribution in [1.82, 2.24) is 0 Å². The summed E-state index contributed by atoms with van der Waals surface area (Å²) >= 11 is 0. The average Bonchev–Trinajstić information content (AvgIpc) is 3.09. The van der Waals surface area contributed by atoms with Gasteiger partial charge in [0.15, 0.2) is 0 Å². The Hall–Kier alpha value is -0.920. The smallest absolute Gasteiger partial charge is 0.117 e. The van der Waals surface area contributed by atoms with E-state index in [-0.39, 0.29) is 6.10 Å². The lowest BCUT2D eigenvalue weighted by molar-refractivity contribution is -0.0581. The van der Waals surface area contributed by atoms with Gasteiger partial charge < -0.3 is 9.84 Å². The van der Waals surface area contributed by atoms with E-state index in [0.717, 1.165) is 54.6 Å². The molecule has 0 bridgehead atoms. The van der Waals surface area contributed by atoms with E-state index in [1.165, 1.54) is 64.0 Å². The summed E-state index contributed by atoms with van der Waals surface area (Å²) in [5, 5.41) is 8.96. The van der Waals surface area contributed by atoms with Gasteiger partial charge in [-0.1, -0.05) is 65.5 Å². The summed E-state index contributed by atoms with van der Waals surface area (Å²) in [4.78, 5) is 0. The zero-order chi connectivity index (χ0) is 22.2. The molecule has 8 atom stereocenters. The predicted octanol–water partition coefficient (Wildman–Crippen LogP) is 8.44. The van der Waals surface area contributed by atoms with Crippen LogP contribution in [0.15, 0.2) is 24.2 Å². The molecular weight excluding hydrogens is 380 g/mol. The number of rotatable bonds is 7. The SMILES string of the molecule is CC(C)CCC[C@@H](C)[C@H]1CC[C@H]2[C@@H]3CC=C4C[C@@H](OC=CO)CC[C@]4(C)[C@H]3CC[C@]12C. The van der Waals surface area contributed by atoms with Crippen molar-refractivity contribution in [3.8, 4) is 0 Å². The first-order valence-corrected chi connectivity index (χ1v) is 13.4. The highest BCUT2D eigenvalue weighted by molar-refractivity contribution is 5.25. The van der Waals surface area contributed by atoms with E-state index in [1.54, 1.807) is 5.57 Å². The number of aliphatic hydroxyl groups is 1. The monoisotopic (exact) mass is 428 g/mol. The Morgan fingerprint density at radius 1 is 1.06 bits per heavy atom. The molecule has 2 nitrogen and oxygen atoms in total. The summed E-state index contributed by atoms with van der Waals surface area (Å²) in [5.41, 5.74) is 2.62. The van der Waals surface area contributed by atoms with E-state index in [0.29, 0.717) is 10.8 Å². The van der Waals surface area contributed by atoms with Crippen molar-refractivity contribution >= 4 is 0 Å². The number of fused-ring (bicyclic) bond motifs is 5. The molecule has 2 heteroatoms. The summed E-state index contributed by atoms with van der Waals surface area (Å²) in [6, 6.07) is 0. The molecule has 4 aliphatic carbocycles. The quantitative estimate of drug-likeness (QED) is 0.325. The van der Waals surface area contributed by atoms with Gasteiger partial charge in [-0.2, -0.15) is 0 Å². The fourth-order valence-electron chi connectivity index (χ4n) is 8.91. The normalized spacial score (nSPS) is 43.3. The average molecular weight is 429 g/mol. The molecular formula is C29H48O2. The lowest BCUT2D eigenvalue weighted by Crippen LogP contribution is -2.50. The van der Waals surface area contributed by atoms with Gasteiger partial charge in [0.1, 0.15) is 18.6 Å². The van der Waals surface area contributed by atoms with Crippen molar-refractivity contribution in [1.29, 1.82) is 0 Å². The van der Waals surface area contributed by atoms with Crippen LogP contribution in [-0.2, 0) is 4.74 Å². The van der Waals surface area contributed by atoms with Gasteiger partial charge in [-0.05, 0) is 91.3 Å². The van der Waals surface area contributed by atoms with Crippen LogP contribution in [0, 0.1) is 46.3 Å². The minimum absolute atomic E-state index is 0.246. The predicted molar refractivity (Wildman–Crippen MR) is 130 cm³/mol. The van der Waals surface area contributed by atoms with E-state index in [1.807, 2.05) is 0 Å². The van der Waals surface area contributed by atoms with Crippen LogP contribution in [0.4, 0.5) is 0 Å². The molecule has 0 aromatic heterocycles. The standard InChI is InChI=1S/C29H48O2/c1-20(2)7-6-8-21(3)25-11-12-26-24-10-9-22-19-23(31-18-17-30)13-15-28(22,4)27(24)14-16-29(25,26)5/h9,17-18,20-21,23-27,30H,6-8,10-16,19H2,1-5H3/t21-,23+,24+,25-,26+,27+,28+,29-/m1/s1. The Labute approximate surface area is 191 Å². The van der Waals surface area contributed by atoms with Gasteiger partial charge in [0.2, 0.25) is 0 Å². The molecule has 0 saturated heterocycles. The molecule has 31 heavy (non-hydrogen) atoms. The Morgan fingerprint density at radius 3 is 2.61 bits per heavy atom. The maximum atomic E-state index is 8.96. The highest BCUT2D eigenvalue weighted by Gasteiger charge is 2.59. The third-order valence-electron chi connectivity index (χ3n) is 10.6. The summed E-state index contributed by atoms with van der Waals surface area (Å²) < 4.78 is 5.76. The molecule has 3 fully saturated rings. The minimum Gasteiger partial charge on any atom is -0.512 e. The summed E-state index contributed by atoms with van der Waals surface area (Å²) in [5.74, 6) is 5.38. The number of hydrogen-bond acceptors (Lipinski definition) is 2. The Balaban J connectivity index is 1.46. The van der Waals surface area contributed by atoms with Gasteiger partial charge in [-0.25, -0.2) is 0 Å². The fraction of sp³-hybridized carbons (Fsp3) is 0.862. The molecule has 0 aliphatic heterocycles. The van der Waals surface area contributed by atoms with Crippen LogP contribution < -0.4 is 0 Å². The molecule has 0 spiro atoms. The molecule has 3 saturated carbocycles. The molecule has 4 aliphatic rings. The minimum atomic E-state index is 0.246. The van der Waals surface area contributed by atoms with Gasteiger partial charge in [0, 0.05) is 6.42 Å². The summed E-state index contributed by atoms with van der Waals surface area (Å²) in [6.07, 6.45) is 20.2. The first-order valence-electron chi connectivity index (χ1n) is 13.4. The fourth-order valence-corrected chi connectivity index (χ4v) is 8.91. The molecule has 0 amide bonds. The first-order chi connectivity index (χ1) is 14.8. The molecule has 0 radical (unpaired) electrons. The second-order valence-electron chi connectivity index (χ2n) is 12.6. The highest BCUT2D eigenvalue weighted by Crippen LogP contribution is 2.67. The van der Waals surface area contributed by atoms with Crippen LogP contribution >= 0.6 is 0 Å². The van der Waals surface area contributed by atoms with Crippen molar-refractivity contribution in [3.63, 3.8) is 0 Å². The first kappa shape index (κ1) is 23.2. The lowest BCUT2D eigenvalue weighted by Gasteiger charge is -2.58. The third kappa shape index (κ3) is 4.22. The van der Waals surface area contributed by atoms with Crippen LogP contribution in [0.1, 0.15) is 105 Å². The van der Waals surface area contributed by atoms with Crippen molar-refractivity contribution in [3.05, 3.63) is 24.2 Å². The van der Waals surface area contributed by atoms with Crippen LogP contribution in [-0.4, -0.2) is 11.2 Å². The van der Waals surface area contributed by atoms with Gasteiger partial charge in [-0.15, -0.1) is 0 Å². The molecule has 176 valence electrons. The third-order valence-corrected chi connectivity index (χ3v) is 10.6. The zero-order valence-corrected chi connectivity index (χ0v) is 20.9. The summed E-state index contributed by atoms with van der Waals surface area (Å²) in [6.45, 7) is 12.6. The number of hydrogen-bond donors (Lipinski definition) is 1. The van der Waals surface area contributed by atoms with Crippen LogP contribution in [0.2, 0.25) is 0 Å². The van der Waals surface area contributed by atoms with E-state index >= 15 is 0 Å². The molecule has 0 aromatic rings. The number of aliphatic hydroxyl groups excluding tert-OH is 1. The van der Waals surface area contributed by atoms with Gasteiger partial charge >= 0.3 is 0 Å². The van der Waals surface area contributed by atoms with Crippen molar-refractivity contribution in [2.75, 3.05) is 0 Å². The maximum Gasteiger partial charge on any atom is 0.117 e. The van der Waals surface area contributed by atoms with Crippen LogP contribution in [0.5, 0.6) is 0 Å². The van der Waals surface area contributed by atoms with Gasteiger partial charge in [0.25, 0.3) is 0 Å². The van der Waals surface area contributed by atoms with Crippen LogP contribution in [0.3, 0.4) is 0 Å². The highest BCUT2D eigenvalue weighted by atomic mass is 16.5. The molecule has 1 N–H and O–H groups in total. The Bertz CT molecular complexity index is 678. The zero-order valence-electron chi connectivity index (χ0n) is 20.9. The van der Waals surface area contributed by atoms with E-state index in [9.17, 15) is 0 Å². The molecule has 0 aromatic carbocycles. The van der Waals surface area contributed by atoms with Gasteiger partial charge in [0.05, 0.1) is 0 Å². The summed E-state index contributed by atoms with van der Waals surface area (Å²) in [7, 11) is 0. The van der Waals surface area contributed by atoms with Crippen molar-refractivity contribution in [2.24, 2.45) is 46.3 Å². The number of allylic oxidation sites excluding steroid dienone is 1. The van der Waals surface area contributed by atoms with Gasteiger partial charge in [-0.3, -0.25) is 0 Å². The molecule has 0 unspecified atom stereocenters. The Morgan fingerprint density at radius 2 is 1.87 bits per heavy atom. The van der Waals surface area contributed by atoms with Crippen molar-refractivity contribution in [2.45, 2.75) is 111 Å². The van der Waals surface area contributed by atoms with E-state index in [4.69, 9.17) is 9.84 Å². The van der Waals surface area contributed by atoms with Crippen molar-refractivity contribution < 1.29 is 9.84 Å². The Kier molecular flexibility index (Phi) is 6.86. The molecule has 4 rings (SSSR count). The van der Waals surface area contributed by atoms with E-state index < -0.39 is 0 Å². The molecule has 0 heterocycles. The number of ether oxygens (including phenoxy) is 1. The van der Waals surface area contributed by atoms with Crippen LogP contribution in [0.25, 0.3) is 0 Å². The second-order valence-corrected chi connectivity index (χ2v) is 12.6. The van der Waals surface area contributed by atoms with E-state index in [2.05, 4.69) is 40.7 Å². The second kappa shape index (κ2) is 9.14. The topological polar surface area (TPSA) is 29.5 Å². The maximum absolute atomic E-state index is 8.96.